The number of carbonyl (C=O) groups excluding carboxylic acids is 1. The Bertz CT molecular complexity index is 898. The number of hydrogen-bond donors (Lipinski definition) is 1. The van der Waals surface area contributed by atoms with E-state index in [2.05, 4.69) is 12.2 Å². The Balaban J connectivity index is 1.58. The van der Waals surface area contributed by atoms with E-state index in [-0.39, 0.29) is 17.5 Å². The third kappa shape index (κ3) is 3.43. The first-order valence-electron chi connectivity index (χ1n) is 9.55. The van der Waals surface area contributed by atoms with Crippen LogP contribution in [0.1, 0.15) is 50.0 Å². The van der Waals surface area contributed by atoms with Crippen molar-refractivity contribution >= 4 is 39.2 Å². The molecule has 0 radical (unpaired) electrons. The summed E-state index contributed by atoms with van der Waals surface area (Å²) in [4.78, 5) is 32.2. The fourth-order valence-electron chi connectivity index (χ4n) is 3.75. The molecule has 5 nitrogen and oxygen atoms in total. The number of aromatic nitrogens is 2. The van der Waals surface area contributed by atoms with Crippen LogP contribution in [0, 0.1) is 5.92 Å². The van der Waals surface area contributed by atoms with Crippen molar-refractivity contribution in [3.05, 3.63) is 20.8 Å². The number of nitrogens with zero attached hydrogens (tertiary/aromatic N) is 2. The van der Waals surface area contributed by atoms with Gasteiger partial charge in [-0.1, -0.05) is 11.8 Å². The first kappa shape index (κ1) is 18.0. The van der Waals surface area contributed by atoms with Crippen LogP contribution in [0.2, 0.25) is 0 Å². The second-order valence-electron chi connectivity index (χ2n) is 7.32. The van der Waals surface area contributed by atoms with Crippen molar-refractivity contribution in [1.29, 1.82) is 0 Å². The summed E-state index contributed by atoms with van der Waals surface area (Å²) in [5.74, 6) is 0.974. The molecule has 1 saturated carbocycles. The van der Waals surface area contributed by atoms with Crippen molar-refractivity contribution in [2.24, 2.45) is 5.92 Å². The van der Waals surface area contributed by atoms with Crippen molar-refractivity contribution in [3.8, 4) is 0 Å². The van der Waals surface area contributed by atoms with Crippen LogP contribution in [0.3, 0.4) is 0 Å². The highest BCUT2D eigenvalue weighted by Gasteiger charge is 2.29. The minimum Gasteiger partial charge on any atom is -0.353 e. The van der Waals surface area contributed by atoms with Gasteiger partial charge in [0.1, 0.15) is 4.83 Å². The normalized spacial score (nSPS) is 17.9. The summed E-state index contributed by atoms with van der Waals surface area (Å²) in [5.41, 5.74) is 1.29. The van der Waals surface area contributed by atoms with E-state index in [1.54, 1.807) is 15.9 Å². The molecule has 0 bridgehead atoms. The number of aryl methyl sites for hydroxylation is 2. The van der Waals surface area contributed by atoms with E-state index in [0.29, 0.717) is 23.4 Å². The van der Waals surface area contributed by atoms with Crippen LogP contribution < -0.4 is 10.9 Å². The lowest BCUT2D eigenvalue weighted by molar-refractivity contribution is -0.119. The Hall–Kier alpha value is -1.34. The number of thioether (sulfide) groups is 1. The van der Waals surface area contributed by atoms with Gasteiger partial charge in [0, 0.05) is 17.5 Å². The van der Waals surface area contributed by atoms with E-state index < -0.39 is 0 Å². The lowest BCUT2D eigenvalue weighted by Crippen LogP contribution is -2.35. The van der Waals surface area contributed by atoms with E-state index in [9.17, 15) is 9.59 Å². The molecule has 1 N–H and O–H groups in total. The van der Waals surface area contributed by atoms with E-state index in [1.165, 1.54) is 41.5 Å². The second-order valence-corrected chi connectivity index (χ2v) is 9.34. The molecule has 1 fully saturated rings. The van der Waals surface area contributed by atoms with Crippen LogP contribution in [0.25, 0.3) is 10.2 Å². The summed E-state index contributed by atoms with van der Waals surface area (Å²) in [6.45, 7) is 4.62. The fourth-order valence-corrected chi connectivity index (χ4v) is 5.93. The summed E-state index contributed by atoms with van der Waals surface area (Å²) in [6.07, 6.45) is 6.83. The van der Waals surface area contributed by atoms with Crippen LogP contribution in [0.15, 0.2) is 9.95 Å². The highest BCUT2D eigenvalue weighted by atomic mass is 32.2. The monoisotopic (exact) mass is 391 g/mol. The Kier molecular flexibility index (Phi) is 5.10. The van der Waals surface area contributed by atoms with Crippen molar-refractivity contribution in [3.63, 3.8) is 0 Å². The molecule has 7 heteroatoms. The standard InChI is InChI=1S/C19H25N3O2S2/c1-3-22-18(24)16-13-6-4-5-7-14(13)26-17(16)21-19(22)25-10-15(23)20-11(2)12-8-9-12/h11-12H,3-10H2,1-2H3,(H,20,23)/t11-/m0/s1. The van der Waals surface area contributed by atoms with Gasteiger partial charge in [-0.3, -0.25) is 14.2 Å². The second kappa shape index (κ2) is 7.35. The van der Waals surface area contributed by atoms with Crippen molar-refractivity contribution in [2.45, 2.75) is 70.1 Å². The average Bonchev–Trinajstić information content (AvgIpc) is 3.41. The quantitative estimate of drug-likeness (QED) is 0.606. The van der Waals surface area contributed by atoms with Gasteiger partial charge in [0.25, 0.3) is 5.56 Å². The van der Waals surface area contributed by atoms with Gasteiger partial charge in [0.15, 0.2) is 5.16 Å². The van der Waals surface area contributed by atoms with Crippen LogP contribution in [0.5, 0.6) is 0 Å². The highest BCUT2D eigenvalue weighted by Crippen LogP contribution is 2.35. The van der Waals surface area contributed by atoms with Crippen LogP contribution in [0.4, 0.5) is 0 Å². The maximum absolute atomic E-state index is 13.0. The molecule has 2 aromatic heterocycles. The minimum atomic E-state index is 0.0249. The average molecular weight is 392 g/mol. The lowest BCUT2D eigenvalue weighted by Gasteiger charge is -2.14. The van der Waals surface area contributed by atoms with Crippen LogP contribution >= 0.6 is 23.1 Å². The molecule has 2 aliphatic rings. The molecule has 0 aliphatic heterocycles. The van der Waals surface area contributed by atoms with E-state index in [1.807, 2.05) is 6.92 Å². The number of amides is 1. The van der Waals surface area contributed by atoms with Gasteiger partial charge in [-0.25, -0.2) is 4.98 Å². The Morgan fingerprint density at radius 2 is 2.15 bits per heavy atom. The molecule has 4 rings (SSSR count). The van der Waals surface area contributed by atoms with Gasteiger partial charge >= 0.3 is 0 Å². The maximum Gasteiger partial charge on any atom is 0.263 e. The molecule has 2 heterocycles. The largest absolute Gasteiger partial charge is 0.353 e. The third-order valence-electron chi connectivity index (χ3n) is 5.41. The molecular weight excluding hydrogens is 366 g/mol. The van der Waals surface area contributed by atoms with Crippen LogP contribution in [-0.4, -0.2) is 27.3 Å². The van der Waals surface area contributed by atoms with Crippen molar-refractivity contribution < 1.29 is 4.79 Å². The Morgan fingerprint density at radius 1 is 1.38 bits per heavy atom. The zero-order valence-electron chi connectivity index (χ0n) is 15.3. The minimum absolute atomic E-state index is 0.0249. The number of hydrogen-bond acceptors (Lipinski definition) is 5. The molecule has 2 aromatic rings. The molecule has 0 unspecified atom stereocenters. The van der Waals surface area contributed by atoms with Crippen molar-refractivity contribution in [1.82, 2.24) is 14.9 Å². The summed E-state index contributed by atoms with van der Waals surface area (Å²) in [6, 6.07) is 0.246. The third-order valence-corrected chi connectivity index (χ3v) is 7.57. The van der Waals surface area contributed by atoms with Gasteiger partial charge < -0.3 is 5.32 Å². The molecule has 1 amide bonds. The molecule has 2 aliphatic carbocycles. The van der Waals surface area contributed by atoms with Gasteiger partial charge in [-0.05, 0) is 63.9 Å². The molecule has 0 saturated heterocycles. The SMILES string of the molecule is CCn1c(SCC(=O)N[C@@H](C)C2CC2)nc2sc3c(c2c1=O)CCCC3. The first-order chi connectivity index (χ1) is 12.6. The van der Waals surface area contributed by atoms with Gasteiger partial charge in [-0.2, -0.15) is 0 Å². The van der Waals surface area contributed by atoms with Gasteiger partial charge in [-0.15, -0.1) is 11.3 Å². The summed E-state index contributed by atoms with van der Waals surface area (Å²) >= 11 is 3.04. The van der Waals surface area contributed by atoms with E-state index in [0.717, 1.165) is 29.5 Å². The van der Waals surface area contributed by atoms with Gasteiger partial charge in [0.05, 0.1) is 11.1 Å². The number of thiophene rings is 1. The lowest BCUT2D eigenvalue weighted by atomic mass is 9.97. The molecule has 0 aromatic carbocycles. The number of nitrogens with one attached hydrogen (secondary N) is 1. The van der Waals surface area contributed by atoms with E-state index in [4.69, 9.17) is 4.98 Å². The van der Waals surface area contributed by atoms with Crippen molar-refractivity contribution in [2.75, 3.05) is 5.75 Å². The first-order valence-corrected chi connectivity index (χ1v) is 11.4. The maximum atomic E-state index is 13.0. The number of fused-ring (bicyclic) bond motifs is 3. The zero-order chi connectivity index (χ0) is 18.3. The van der Waals surface area contributed by atoms with E-state index >= 15 is 0 Å². The summed E-state index contributed by atoms with van der Waals surface area (Å²) in [7, 11) is 0. The molecule has 0 spiro atoms. The number of rotatable bonds is 6. The predicted octanol–water partition coefficient (Wildman–Crippen LogP) is 3.36. The van der Waals surface area contributed by atoms with Gasteiger partial charge in [0.2, 0.25) is 5.91 Å². The zero-order valence-corrected chi connectivity index (χ0v) is 17.0. The predicted molar refractivity (Wildman–Crippen MR) is 107 cm³/mol. The molecule has 140 valence electrons. The Morgan fingerprint density at radius 3 is 2.88 bits per heavy atom. The van der Waals surface area contributed by atoms with Crippen LogP contribution in [-0.2, 0) is 24.2 Å². The fraction of sp³-hybridized carbons (Fsp3) is 0.632. The molecule has 1 atom stereocenters. The summed E-state index contributed by atoms with van der Waals surface area (Å²) < 4.78 is 1.73. The summed E-state index contributed by atoms with van der Waals surface area (Å²) in [5, 5.41) is 4.56. The smallest absolute Gasteiger partial charge is 0.263 e. The topological polar surface area (TPSA) is 64.0 Å². The Labute approximate surface area is 161 Å². The number of carbonyl (C=O) groups is 1. The molecular formula is C19H25N3O2S2. The molecule has 26 heavy (non-hydrogen) atoms. The highest BCUT2D eigenvalue weighted by molar-refractivity contribution is 7.99.